The molecule has 0 atom stereocenters. The second-order valence-corrected chi connectivity index (χ2v) is 7.12. The molecule has 1 aromatic carbocycles. The molecule has 1 aliphatic rings. The van der Waals surface area contributed by atoms with Crippen LogP contribution in [-0.4, -0.2) is 21.5 Å². The number of carbonyl (C=O) groups is 2. The average molecular weight is 367 g/mol. The van der Waals surface area contributed by atoms with Crippen molar-refractivity contribution in [3.8, 4) is 0 Å². The minimum atomic E-state index is -0.474. The molecule has 0 spiro atoms. The number of aryl methyl sites for hydroxylation is 2. The fraction of sp³-hybridized carbons (Fsp3) is 0.250. The van der Waals surface area contributed by atoms with Gasteiger partial charge in [-0.2, -0.15) is 0 Å². The summed E-state index contributed by atoms with van der Waals surface area (Å²) in [6, 6.07) is 7.92. The van der Waals surface area contributed by atoms with E-state index in [9.17, 15) is 9.59 Å². The third kappa shape index (κ3) is 3.32. The summed E-state index contributed by atoms with van der Waals surface area (Å²) < 4.78 is 2.02. The number of rotatable bonds is 3. The van der Waals surface area contributed by atoms with Gasteiger partial charge in [0.05, 0.1) is 5.69 Å². The van der Waals surface area contributed by atoms with E-state index < -0.39 is 11.8 Å². The molecule has 1 saturated heterocycles. The molecule has 1 aromatic heterocycles. The molecular weight excluding hydrogens is 346 g/mol. The minimum Gasteiger partial charge on any atom is -0.351 e. The van der Waals surface area contributed by atoms with Gasteiger partial charge in [-0.15, -0.1) is 0 Å². The first kappa shape index (κ1) is 18.1. The number of nitrogens with zero attached hydrogens (tertiary/aromatic N) is 2. The molecule has 1 fully saturated rings. The van der Waals surface area contributed by atoms with Crippen LogP contribution in [0.25, 0.3) is 6.08 Å². The van der Waals surface area contributed by atoms with Crippen molar-refractivity contribution in [3.63, 3.8) is 0 Å². The minimum absolute atomic E-state index is 0.0695. The maximum atomic E-state index is 13.0. The predicted octanol–water partition coefficient (Wildman–Crippen LogP) is 3.52. The van der Waals surface area contributed by atoms with Crippen molar-refractivity contribution in [2.75, 3.05) is 4.90 Å². The SMILES string of the molecule is Cc1ccc(N2C(=O)/C(=C\c3ccn(C(C)C)c3)C(=O)NC2=S)c(C)c1. The number of nitrogens with one attached hydrogen (secondary N) is 1. The summed E-state index contributed by atoms with van der Waals surface area (Å²) in [7, 11) is 0. The molecule has 2 aromatic rings. The van der Waals surface area contributed by atoms with Crippen molar-refractivity contribution in [3.05, 3.63) is 58.9 Å². The van der Waals surface area contributed by atoms with Gasteiger partial charge >= 0.3 is 0 Å². The Labute approximate surface area is 158 Å². The highest BCUT2D eigenvalue weighted by Crippen LogP contribution is 2.26. The smallest absolute Gasteiger partial charge is 0.270 e. The molecule has 2 amide bonds. The van der Waals surface area contributed by atoms with Gasteiger partial charge in [0.15, 0.2) is 5.11 Å². The normalized spacial score (nSPS) is 16.6. The standard InChI is InChI=1S/C20H21N3O2S/c1-12(2)22-8-7-15(11-22)10-16-18(24)21-20(26)23(19(16)25)17-6-5-13(3)9-14(17)4/h5-12H,1-4H3,(H,21,24,26)/b16-10-. The summed E-state index contributed by atoms with van der Waals surface area (Å²) >= 11 is 5.25. The zero-order valence-corrected chi connectivity index (χ0v) is 16.1. The number of benzene rings is 1. The first-order valence-electron chi connectivity index (χ1n) is 8.44. The zero-order chi connectivity index (χ0) is 19.0. The van der Waals surface area contributed by atoms with Crippen molar-refractivity contribution in [1.29, 1.82) is 0 Å². The van der Waals surface area contributed by atoms with Crippen LogP contribution in [0.5, 0.6) is 0 Å². The number of hydrogen-bond acceptors (Lipinski definition) is 3. The van der Waals surface area contributed by atoms with Gasteiger partial charge < -0.3 is 4.57 Å². The molecule has 1 aliphatic heterocycles. The Bertz CT molecular complexity index is 940. The Morgan fingerprint density at radius 2 is 1.88 bits per heavy atom. The molecule has 26 heavy (non-hydrogen) atoms. The molecule has 5 nitrogen and oxygen atoms in total. The van der Waals surface area contributed by atoms with E-state index in [0.717, 1.165) is 16.7 Å². The lowest BCUT2D eigenvalue weighted by Crippen LogP contribution is -2.54. The topological polar surface area (TPSA) is 54.3 Å². The van der Waals surface area contributed by atoms with E-state index in [1.165, 1.54) is 4.90 Å². The largest absolute Gasteiger partial charge is 0.351 e. The molecule has 0 radical (unpaired) electrons. The van der Waals surface area contributed by atoms with E-state index in [-0.39, 0.29) is 10.7 Å². The van der Waals surface area contributed by atoms with Crippen LogP contribution in [0.4, 0.5) is 5.69 Å². The van der Waals surface area contributed by atoms with Crippen LogP contribution in [0.1, 0.15) is 36.6 Å². The van der Waals surface area contributed by atoms with Gasteiger partial charge in [-0.1, -0.05) is 17.7 Å². The first-order valence-corrected chi connectivity index (χ1v) is 8.85. The molecule has 3 rings (SSSR count). The van der Waals surface area contributed by atoms with Crippen molar-refractivity contribution >= 4 is 40.9 Å². The van der Waals surface area contributed by atoms with E-state index in [1.807, 2.05) is 55.1 Å². The monoisotopic (exact) mass is 367 g/mol. The second-order valence-electron chi connectivity index (χ2n) is 6.73. The van der Waals surface area contributed by atoms with Crippen LogP contribution in [0.15, 0.2) is 42.2 Å². The van der Waals surface area contributed by atoms with E-state index in [1.54, 1.807) is 6.08 Å². The van der Waals surface area contributed by atoms with Crippen molar-refractivity contribution < 1.29 is 9.59 Å². The van der Waals surface area contributed by atoms with Crippen molar-refractivity contribution in [2.24, 2.45) is 0 Å². The molecule has 6 heteroatoms. The fourth-order valence-corrected chi connectivity index (χ4v) is 3.21. The molecule has 2 heterocycles. The lowest BCUT2D eigenvalue weighted by atomic mass is 10.1. The van der Waals surface area contributed by atoms with Crippen LogP contribution < -0.4 is 10.2 Å². The number of hydrogen-bond donors (Lipinski definition) is 1. The maximum absolute atomic E-state index is 13.0. The van der Waals surface area contributed by atoms with Gasteiger partial charge in [0.1, 0.15) is 5.57 Å². The van der Waals surface area contributed by atoms with Crippen LogP contribution >= 0.6 is 12.2 Å². The van der Waals surface area contributed by atoms with Gasteiger partial charge in [0.25, 0.3) is 11.8 Å². The quantitative estimate of drug-likeness (QED) is 0.513. The number of amides is 2. The van der Waals surface area contributed by atoms with E-state index >= 15 is 0 Å². The zero-order valence-electron chi connectivity index (χ0n) is 15.2. The lowest BCUT2D eigenvalue weighted by Gasteiger charge is -2.30. The second kappa shape index (κ2) is 6.88. The molecule has 0 aliphatic carbocycles. The highest BCUT2D eigenvalue weighted by atomic mass is 32.1. The van der Waals surface area contributed by atoms with Gasteiger partial charge in [-0.25, -0.2) is 0 Å². The summed E-state index contributed by atoms with van der Waals surface area (Å²) in [5, 5.41) is 2.72. The Morgan fingerprint density at radius 1 is 1.15 bits per heavy atom. The summed E-state index contributed by atoms with van der Waals surface area (Å²) in [6.45, 7) is 8.03. The van der Waals surface area contributed by atoms with E-state index in [4.69, 9.17) is 12.2 Å². The summed E-state index contributed by atoms with van der Waals surface area (Å²) in [5.41, 5.74) is 3.56. The Hall–Kier alpha value is -2.73. The van der Waals surface area contributed by atoms with Gasteiger partial charge in [0.2, 0.25) is 0 Å². The number of carbonyl (C=O) groups excluding carboxylic acids is 2. The first-order chi connectivity index (χ1) is 12.3. The summed E-state index contributed by atoms with van der Waals surface area (Å²) in [5.74, 6) is -0.888. The van der Waals surface area contributed by atoms with Crippen LogP contribution in [-0.2, 0) is 9.59 Å². The molecule has 1 N–H and O–H groups in total. The molecule has 0 saturated carbocycles. The Morgan fingerprint density at radius 3 is 2.50 bits per heavy atom. The predicted molar refractivity (Wildman–Crippen MR) is 107 cm³/mol. The Kier molecular flexibility index (Phi) is 4.78. The van der Waals surface area contributed by atoms with Gasteiger partial charge in [0, 0.05) is 18.4 Å². The van der Waals surface area contributed by atoms with E-state index in [2.05, 4.69) is 19.2 Å². The average Bonchev–Trinajstić information content (AvgIpc) is 3.02. The van der Waals surface area contributed by atoms with E-state index in [0.29, 0.717) is 11.7 Å². The third-order valence-corrected chi connectivity index (χ3v) is 4.62. The molecular formula is C20H21N3O2S. The summed E-state index contributed by atoms with van der Waals surface area (Å²) in [6.07, 6.45) is 5.44. The molecule has 0 unspecified atom stereocenters. The van der Waals surface area contributed by atoms with Crippen LogP contribution in [0, 0.1) is 13.8 Å². The third-order valence-electron chi connectivity index (χ3n) is 4.34. The molecule has 134 valence electrons. The maximum Gasteiger partial charge on any atom is 0.270 e. The highest BCUT2D eigenvalue weighted by molar-refractivity contribution is 7.80. The van der Waals surface area contributed by atoms with Gasteiger partial charge in [-0.3, -0.25) is 19.8 Å². The Balaban J connectivity index is 2.01. The summed E-state index contributed by atoms with van der Waals surface area (Å²) in [4.78, 5) is 26.8. The fourth-order valence-electron chi connectivity index (χ4n) is 2.94. The molecule has 0 bridgehead atoms. The number of thiocarbonyl (C=S) groups is 1. The lowest BCUT2D eigenvalue weighted by molar-refractivity contribution is -0.122. The number of aromatic nitrogens is 1. The highest BCUT2D eigenvalue weighted by Gasteiger charge is 2.35. The number of anilines is 1. The van der Waals surface area contributed by atoms with Crippen molar-refractivity contribution in [2.45, 2.75) is 33.7 Å². The van der Waals surface area contributed by atoms with Gasteiger partial charge in [-0.05, 0) is 69.2 Å². The van der Waals surface area contributed by atoms with Crippen molar-refractivity contribution in [1.82, 2.24) is 9.88 Å². The van der Waals surface area contributed by atoms with Crippen LogP contribution in [0.3, 0.4) is 0 Å². The van der Waals surface area contributed by atoms with Crippen LogP contribution in [0.2, 0.25) is 0 Å².